The van der Waals surface area contributed by atoms with E-state index in [1.54, 1.807) is 42.5 Å². The lowest BCUT2D eigenvalue weighted by Gasteiger charge is -2.03. The summed E-state index contributed by atoms with van der Waals surface area (Å²) in [5, 5.41) is 9.95. The topological polar surface area (TPSA) is 37.3 Å². The Kier molecular flexibility index (Phi) is 4.28. The van der Waals surface area contributed by atoms with Crippen molar-refractivity contribution in [3.8, 4) is 0 Å². The van der Waals surface area contributed by atoms with Gasteiger partial charge in [-0.2, -0.15) is 0 Å². The second-order valence-corrected chi connectivity index (χ2v) is 3.28. The van der Waals surface area contributed by atoms with E-state index in [0.29, 0.717) is 5.56 Å². The van der Waals surface area contributed by atoms with Gasteiger partial charge in [0.1, 0.15) is 5.76 Å². The Morgan fingerprint density at radius 1 is 1.31 bits per heavy atom. The summed E-state index contributed by atoms with van der Waals surface area (Å²) in [7, 11) is 0. The molecule has 0 aliphatic rings. The molecule has 2 heteroatoms. The first-order valence-corrected chi connectivity index (χ1v) is 4.95. The van der Waals surface area contributed by atoms with E-state index < -0.39 is 0 Å². The smallest absolute Gasteiger partial charge is 0.163 e. The third-order valence-corrected chi connectivity index (χ3v) is 2.08. The molecule has 0 aliphatic carbocycles. The Morgan fingerprint density at radius 3 is 2.44 bits per heavy atom. The van der Waals surface area contributed by atoms with Crippen molar-refractivity contribution in [2.24, 2.45) is 0 Å². The van der Waals surface area contributed by atoms with Crippen molar-refractivity contribution in [1.29, 1.82) is 0 Å². The van der Waals surface area contributed by atoms with Crippen LogP contribution in [0.5, 0.6) is 0 Å². The quantitative estimate of drug-likeness (QED) is 0.474. The highest BCUT2D eigenvalue weighted by Crippen LogP contribution is 2.17. The predicted octanol–water partition coefficient (Wildman–Crippen LogP) is 3.29. The summed E-state index contributed by atoms with van der Waals surface area (Å²) in [4.78, 5) is 11.4. The molecule has 0 atom stereocenters. The van der Waals surface area contributed by atoms with E-state index in [1.807, 2.05) is 6.07 Å². The number of carbonyl (C=O) groups excluding carboxylic acids is 1. The van der Waals surface area contributed by atoms with Gasteiger partial charge in [-0.25, -0.2) is 0 Å². The minimum atomic E-state index is -0.181. The van der Waals surface area contributed by atoms with Crippen LogP contribution in [0.4, 0.5) is 0 Å². The van der Waals surface area contributed by atoms with E-state index in [4.69, 9.17) is 0 Å². The molecule has 82 valence electrons. The van der Waals surface area contributed by atoms with Crippen LogP contribution in [-0.2, 0) is 4.79 Å². The number of carbonyl (C=O) groups is 1. The maximum Gasteiger partial charge on any atom is 0.163 e. The number of ketones is 1. The average Bonchev–Trinajstić information content (AvgIpc) is 2.30. The highest BCUT2D eigenvalue weighted by atomic mass is 16.3. The fraction of sp³-hybridized carbons (Fsp3) is 0.0714. The Labute approximate surface area is 95.2 Å². The van der Waals surface area contributed by atoms with Gasteiger partial charge in [0.25, 0.3) is 0 Å². The molecule has 1 aromatic rings. The predicted molar refractivity (Wildman–Crippen MR) is 66.0 cm³/mol. The minimum absolute atomic E-state index is 0.00815. The Hall–Kier alpha value is -2.09. The summed E-state index contributed by atoms with van der Waals surface area (Å²) in [6, 6.07) is 8.96. The van der Waals surface area contributed by atoms with Crippen molar-refractivity contribution in [2.45, 2.75) is 6.92 Å². The summed E-state index contributed by atoms with van der Waals surface area (Å²) in [6.07, 6.45) is 4.73. The van der Waals surface area contributed by atoms with E-state index in [2.05, 4.69) is 6.58 Å². The molecule has 1 rings (SSSR count). The Balaban J connectivity index is 3.21. The number of Topliss-reactive ketones (excluding diaryl/α,β-unsaturated/α-hetero) is 1. The van der Waals surface area contributed by atoms with Crippen molar-refractivity contribution in [3.05, 3.63) is 66.3 Å². The number of hydrogen-bond donors (Lipinski definition) is 1. The number of aliphatic hydroxyl groups is 1. The molecule has 1 aromatic carbocycles. The van der Waals surface area contributed by atoms with E-state index >= 15 is 0 Å². The van der Waals surface area contributed by atoms with Crippen molar-refractivity contribution in [2.75, 3.05) is 0 Å². The first kappa shape index (κ1) is 12.0. The third kappa shape index (κ3) is 2.95. The maximum absolute atomic E-state index is 11.4. The van der Waals surface area contributed by atoms with Crippen LogP contribution < -0.4 is 0 Å². The molecule has 0 saturated heterocycles. The summed E-state index contributed by atoms with van der Waals surface area (Å²) in [6.45, 7) is 4.94. The fourth-order valence-corrected chi connectivity index (χ4v) is 1.28. The van der Waals surface area contributed by atoms with Crippen LogP contribution in [-0.4, -0.2) is 10.9 Å². The minimum Gasteiger partial charge on any atom is -0.507 e. The van der Waals surface area contributed by atoms with Gasteiger partial charge >= 0.3 is 0 Å². The molecule has 0 fully saturated rings. The van der Waals surface area contributed by atoms with Crippen LogP contribution in [0.15, 0.2) is 60.7 Å². The highest BCUT2D eigenvalue weighted by molar-refractivity contribution is 6.02. The number of hydrogen-bond acceptors (Lipinski definition) is 2. The van der Waals surface area contributed by atoms with Crippen molar-refractivity contribution in [1.82, 2.24) is 0 Å². The van der Waals surface area contributed by atoms with Gasteiger partial charge in [0.2, 0.25) is 0 Å². The number of rotatable bonds is 4. The molecule has 0 bridgehead atoms. The zero-order chi connectivity index (χ0) is 12.0. The van der Waals surface area contributed by atoms with Crippen LogP contribution >= 0.6 is 0 Å². The molecular weight excluding hydrogens is 200 g/mol. The zero-order valence-electron chi connectivity index (χ0n) is 9.18. The van der Waals surface area contributed by atoms with Gasteiger partial charge in [0, 0.05) is 5.56 Å². The molecule has 1 N–H and O–H groups in total. The largest absolute Gasteiger partial charge is 0.507 e. The number of aliphatic hydroxyl groups excluding tert-OH is 1. The van der Waals surface area contributed by atoms with Crippen molar-refractivity contribution >= 4 is 11.5 Å². The maximum atomic E-state index is 11.4. The highest BCUT2D eigenvalue weighted by Gasteiger charge is 2.08. The molecule has 0 unspecified atom stereocenters. The molecule has 0 aliphatic heterocycles. The lowest BCUT2D eigenvalue weighted by atomic mass is 10.1. The van der Waals surface area contributed by atoms with Gasteiger partial charge in [0.05, 0.1) is 5.57 Å². The second-order valence-electron chi connectivity index (χ2n) is 3.28. The monoisotopic (exact) mass is 214 g/mol. The SMILES string of the molecule is C=C/C=C\C(C(C)=O)=C(O)c1ccccc1. The molecule has 0 saturated carbocycles. The summed E-state index contributed by atoms with van der Waals surface area (Å²) in [5.74, 6) is -0.189. The van der Waals surface area contributed by atoms with Crippen LogP contribution in [0.25, 0.3) is 5.76 Å². The van der Waals surface area contributed by atoms with E-state index in [1.165, 1.54) is 6.92 Å². The van der Waals surface area contributed by atoms with Gasteiger partial charge in [-0.1, -0.05) is 49.1 Å². The van der Waals surface area contributed by atoms with E-state index in [-0.39, 0.29) is 17.1 Å². The van der Waals surface area contributed by atoms with Crippen LogP contribution in [0, 0.1) is 0 Å². The number of allylic oxidation sites excluding steroid dienone is 4. The molecular formula is C14H14O2. The normalized spacial score (nSPS) is 12.3. The molecule has 16 heavy (non-hydrogen) atoms. The van der Waals surface area contributed by atoms with Gasteiger partial charge in [-0.3, -0.25) is 4.79 Å². The summed E-state index contributed by atoms with van der Waals surface area (Å²) >= 11 is 0. The molecule has 0 aromatic heterocycles. The van der Waals surface area contributed by atoms with E-state index in [0.717, 1.165) is 0 Å². The molecule has 0 radical (unpaired) electrons. The molecule has 0 heterocycles. The first-order valence-electron chi connectivity index (χ1n) is 4.95. The van der Waals surface area contributed by atoms with Crippen molar-refractivity contribution < 1.29 is 9.90 Å². The summed E-state index contributed by atoms with van der Waals surface area (Å²) < 4.78 is 0. The van der Waals surface area contributed by atoms with Crippen molar-refractivity contribution in [3.63, 3.8) is 0 Å². The molecule has 0 amide bonds. The lowest BCUT2D eigenvalue weighted by molar-refractivity contribution is -0.113. The summed E-state index contributed by atoms with van der Waals surface area (Å²) in [5.41, 5.74) is 0.910. The fourth-order valence-electron chi connectivity index (χ4n) is 1.28. The molecule has 0 spiro atoms. The average molecular weight is 214 g/mol. The molecule has 2 nitrogen and oxygen atoms in total. The lowest BCUT2D eigenvalue weighted by Crippen LogP contribution is -1.98. The van der Waals surface area contributed by atoms with Gasteiger partial charge in [-0.05, 0) is 13.0 Å². The van der Waals surface area contributed by atoms with Gasteiger partial charge in [0.15, 0.2) is 5.78 Å². The zero-order valence-corrected chi connectivity index (χ0v) is 9.18. The standard InChI is InChI=1S/C14H14O2/c1-3-4-10-13(11(2)15)14(16)12-8-6-5-7-9-12/h3-10,16H,1H2,2H3/b10-4-,14-13?. The van der Waals surface area contributed by atoms with Gasteiger partial charge < -0.3 is 5.11 Å². The first-order chi connectivity index (χ1) is 7.66. The Bertz CT molecular complexity index is 439. The van der Waals surface area contributed by atoms with Crippen LogP contribution in [0.2, 0.25) is 0 Å². The third-order valence-electron chi connectivity index (χ3n) is 2.08. The van der Waals surface area contributed by atoms with Crippen LogP contribution in [0.3, 0.4) is 0 Å². The number of benzene rings is 1. The van der Waals surface area contributed by atoms with Crippen LogP contribution in [0.1, 0.15) is 12.5 Å². The van der Waals surface area contributed by atoms with Gasteiger partial charge in [-0.15, -0.1) is 0 Å². The van der Waals surface area contributed by atoms with E-state index in [9.17, 15) is 9.90 Å². The second kappa shape index (κ2) is 5.71. The Morgan fingerprint density at radius 2 is 1.94 bits per heavy atom.